The molecular weight excluding hydrogens is 527 g/mol. The van der Waals surface area contributed by atoms with Crippen molar-refractivity contribution in [3.63, 3.8) is 0 Å². The van der Waals surface area contributed by atoms with E-state index in [9.17, 15) is 14.3 Å². The average Bonchev–Trinajstić information content (AvgIpc) is 3.40. The number of piperidine rings is 1. The molecule has 1 saturated carbocycles. The molecule has 0 radical (unpaired) electrons. The van der Waals surface area contributed by atoms with Gasteiger partial charge in [-0.2, -0.15) is 5.26 Å². The average molecular weight is 557 g/mol. The molecule has 11 heteroatoms. The normalized spacial score (nSPS) is 23.5. The van der Waals surface area contributed by atoms with Crippen molar-refractivity contribution in [1.82, 2.24) is 24.4 Å². The first kappa shape index (κ1) is 25.7. The van der Waals surface area contributed by atoms with Crippen LogP contribution in [0.3, 0.4) is 0 Å². The Labute approximate surface area is 235 Å². The van der Waals surface area contributed by atoms with Crippen molar-refractivity contribution in [2.45, 2.75) is 50.5 Å². The van der Waals surface area contributed by atoms with Crippen molar-refractivity contribution in [3.05, 3.63) is 76.6 Å². The SMILES string of the molecule is N#Cc1ccc(COc2cccc(C34CCN(Cc5nc6cc(C(=O)O)[nH]c6n5CC5CCO5)CC3C4)n2)c(F)c1. The predicted octanol–water partition coefficient (Wildman–Crippen LogP) is 4.00. The van der Waals surface area contributed by atoms with E-state index in [4.69, 9.17) is 24.7 Å². The van der Waals surface area contributed by atoms with Crippen LogP contribution in [0.2, 0.25) is 0 Å². The third-order valence-electron chi connectivity index (χ3n) is 8.76. The summed E-state index contributed by atoms with van der Waals surface area (Å²) in [7, 11) is 0. The molecule has 0 spiro atoms. The van der Waals surface area contributed by atoms with Crippen LogP contribution < -0.4 is 4.74 Å². The number of hydrogen-bond acceptors (Lipinski definition) is 7. The molecule has 7 rings (SSSR count). The predicted molar refractivity (Wildman–Crippen MR) is 145 cm³/mol. The number of aromatic amines is 1. The lowest BCUT2D eigenvalue weighted by molar-refractivity contribution is -0.0593. The second kappa shape index (κ2) is 9.98. The maximum atomic E-state index is 14.3. The van der Waals surface area contributed by atoms with Gasteiger partial charge in [-0.25, -0.2) is 19.2 Å². The minimum Gasteiger partial charge on any atom is -0.477 e. The molecule has 3 fully saturated rings. The molecule has 4 aromatic rings. The maximum absolute atomic E-state index is 14.3. The standard InChI is InChI=1S/C30H29FN6O4/c31-22-10-18(13-32)4-5-19(22)17-41-27-3-1-2-25(35-27)30-7-8-36(14-20(30)12-30)16-26-33-23-11-24(29(38)39)34-28(23)37(26)15-21-6-9-40-21/h1-5,10-11,20-21,34H,6-9,12,14-17H2,(H,38,39). The van der Waals surface area contributed by atoms with E-state index >= 15 is 0 Å². The minimum absolute atomic E-state index is 0.0210. The molecule has 2 aliphatic heterocycles. The molecule has 2 saturated heterocycles. The van der Waals surface area contributed by atoms with Gasteiger partial charge in [-0.05, 0) is 56.0 Å². The molecule has 1 aliphatic carbocycles. The van der Waals surface area contributed by atoms with Crippen LogP contribution in [0, 0.1) is 23.1 Å². The van der Waals surface area contributed by atoms with E-state index in [0.717, 1.165) is 56.1 Å². The Morgan fingerprint density at radius 1 is 1.29 bits per heavy atom. The quantitative estimate of drug-likeness (QED) is 0.317. The number of aromatic carboxylic acids is 1. The van der Waals surface area contributed by atoms with E-state index in [-0.39, 0.29) is 29.4 Å². The summed E-state index contributed by atoms with van der Waals surface area (Å²) in [5.41, 5.74) is 3.22. The second-order valence-electron chi connectivity index (χ2n) is 11.3. The number of ether oxygens (including phenoxy) is 2. The number of rotatable bonds is 9. The van der Waals surface area contributed by atoms with Gasteiger partial charge in [0.15, 0.2) is 0 Å². The van der Waals surface area contributed by atoms with Gasteiger partial charge >= 0.3 is 5.97 Å². The number of fused-ring (bicyclic) bond motifs is 2. The summed E-state index contributed by atoms with van der Waals surface area (Å²) in [6.07, 6.45) is 3.12. The highest BCUT2D eigenvalue weighted by Crippen LogP contribution is 2.58. The van der Waals surface area contributed by atoms with E-state index in [1.807, 2.05) is 12.1 Å². The first-order valence-corrected chi connectivity index (χ1v) is 13.9. The summed E-state index contributed by atoms with van der Waals surface area (Å²) in [4.78, 5) is 26.5. The first-order valence-electron chi connectivity index (χ1n) is 13.9. The Kier molecular flexibility index (Phi) is 6.25. The van der Waals surface area contributed by atoms with E-state index in [1.165, 1.54) is 6.07 Å². The molecule has 3 aromatic heterocycles. The largest absolute Gasteiger partial charge is 0.477 e. The number of pyridine rings is 1. The molecular formula is C30H29FN6O4. The van der Waals surface area contributed by atoms with Crippen LogP contribution in [0.1, 0.15) is 52.4 Å². The number of likely N-dealkylation sites (tertiary alicyclic amines) is 1. The molecule has 3 unspecified atom stereocenters. The van der Waals surface area contributed by atoms with Crippen molar-refractivity contribution in [2.75, 3.05) is 19.7 Å². The zero-order valence-corrected chi connectivity index (χ0v) is 22.3. The van der Waals surface area contributed by atoms with Crippen LogP contribution in [0.25, 0.3) is 11.2 Å². The molecule has 0 bridgehead atoms. The van der Waals surface area contributed by atoms with E-state index in [1.54, 1.807) is 24.3 Å². The molecule has 41 heavy (non-hydrogen) atoms. The zero-order valence-electron chi connectivity index (χ0n) is 22.3. The number of carboxylic acids is 1. The number of nitriles is 1. The topological polar surface area (TPSA) is 129 Å². The lowest BCUT2D eigenvalue weighted by Crippen LogP contribution is -2.37. The molecule has 0 amide bonds. The van der Waals surface area contributed by atoms with Crippen LogP contribution >= 0.6 is 0 Å². The second-order valence-corrected chi connectivity index (χ2v) is 11.3. The van der Waals surface area contributed by atoms with E-state index in [2.05, 4.69) is 20.5 Å². The number of halogens is 1. The van der Waals surface area contributed by atoms with Gasteiger partial charge in [0.05, 0.1) is 36.5 Å². The van der Waals surface area contributed by atoms with Crippen LogP contribution in [0.15, 0.2) is 42.5 Å². The summed E-state index contributed by atoms with van der Waals surface area (Å²) < 4.78 is 27.9. The Hall–Kier alpha value is -4.27. The highest BCUT2D eigenvalue weighted by atomic mass is 19.1. The fourth-order valence-corrected chi connectivity index (χ4v) is 6.25. The van der Waals surface area contributed by atoms with Gasteiger partial charge in [0.25, 0.3) is 0 Å². The van der Waals surface area contributed by atoms with Crippen LogP contribution in [-0.2, 0) is 29.8 Å². The third kappa shape index (κ3) is 4.73. The smallest absolute Gasteiger partial charge is 0.352 e. The number of nitrogens with one attached hydrogen (secondary N) is 1. The Bertz CT molecular complexity index is 1690. The lowest BCUT2D eigenvalue weighted by atomic mass is 9.91. The summed E-state index contributed by atoms with van der Waals surface area (Å²) in [6.45, 7) is 3.93. The molecule has 2 N–H and O–H groups in total. The third-order valence-corrected chi connectivity index (χ3v) is 8.76. The number of H-pyrrole nitrogens is 1. The van der Waals surface area contributed by atoms with Gasteiger partial charge in [-0.15, -0.1) is 0 Å². The van der Waals surface area contributed by atoms with Crippen molar-refractivity contribution >= 4 is 17.1 Å². The summed E-state index contributed by atoms with van der Waals surface area (Å²) in [5, 5.41) is 18.4. The van der Waals surface area contributed by atoms with E-state index in [0.29, 0.717) is 36.0 Å². The number of nitrogens with zero attached hydrogens (tertiary/aromatic N) is 5. The minimum atomic E-state index is -0.999. The number of aromatic nitrogens is 4. The Morgan fingerprint density at radius 3 is 2.90 bits per heavy atom. The van der Waals surface area contributed by atoms with E-state index < -0.39 is 11.8 Å². The maximum Gasteiger partial charge on any atom is 0.352 e. The van der Waals surface area contributed by atoms with Gasteiger partial charge in [0.1, 0.15) is 35.1 Å². The highest BCUT2D eigenvalue weighted by Gasteiger charge is 2.58. The highest BCUT2D eigenvalue weighted by molar-refractivity contribution is 5.91. The lowest BCUT2D eigenvalue weighted by Gasteiger charge is -2.32. The summed E-state index contributed by atoms with van der Waals surface area (Å²) in [6, 6.07) is 13.7. The first-order chi connectivity index (χ1) is 19.9. The zero-order chi connectivity index (χ0) is 28.1. The Balaban J connectivity index is 1.03. The fourth-order valence-electron chi connectivity index (χ4n) is 6.25. The Morgan fingerprint density at radius 2 is 2.17 bits per heavy atom. The molecule has 5 heterocycles. The number of carboxylic acid groups (broad SMARTS) is 1. The van der Waals surface area contributed by atoms with Gasteiger partial charge in [0.2, 0.25) is 5.88 Å². The van der Waals surface area contributed by atoms with Crippen molar-refractivity contribution < 1.29 is 23.8 Å². The fraction of sp³-hybridized carbons (Fsp3) is 0.400. The van der Waals surface area contributed by atoms with Crippen LogP contribution in [0.4, 0.5) is 4.39 Å². The number of hydrogen-bond donors (Lipinski definition) is 2. The van der Waals surface area contributed by atoms with Crippen molar-refractivity contribution in [1.29, 1.82) is 5.26 Å². The molecule has 1 aromatic carbocycles. The van der Waals surface area contributed by atoms with Gasteiger partial charge in [0, 0.05) is 30.2 Å². The van der Waals surface area contributed by atoms with Crippen LogP contribution in [-0.4, -0.2) is 61.3 Å². The summed E-state index contributed by atoms with van der Waals surface area (Å²) in [5.74, 6) is 0.382. The molecule has 10 nitrogen and oxygen atoms in total. The van der Waals surface area contributed by atoms with Crippen molar-refractivity contribution in [3.8, 4) is 11.9 Å². The number of benzene rings is 1. The van der Waals surface area contributed by atoms with Crippen LogP contribution in [0.5, 0.6) is 5.88 Å². The number of imidazole rings is 1. The number of carbonyl (C=O) groups is 1. The van der Waals surface area contributed by atoms with Gasteiger partial charge < -0.3 is 24.1 Å². The molecule has 3 aliphatic rings. The summed E-state index contributed by atoms with van der Waals surface area (Å²) >= 11 is 0. The molecule has 3 atom stereocenters. The molecule has 210 valence electrons. The van der Waals surface area contributed by atoms with Gasteiger partial charge in [-0.1, -0.05) is 12.1 Å². The van der Waals surface area contributed by atoms with Gasteiger partial charge in [-0.3, -0.25) is 4.90 Å². The monoisotopic (exact) mass is 556 g/mol. The van der Waals surface area contributed by atoms with Crippen molar-refractivity contribution in [2.24, 2.45) is 5.92 Å².